The van der Waals surface area contributed by atoms with Crippen molar-refractivity contribution in [3.63, 3.8) is 0 Å². The van der Waals surface area contributed by atoms with Crippen LogP contribution in [0.25, 0.3) is 0 Å². The van der Waals surface area contributed by atoms with E-state index in [0.717, 1.165) is 48.9 Å². The summed E-state index contributed by atoms with van der Waals surface area (Å²) in [6.07, 6.45) is 0.585. The van der Waals surface area contributed by atoms with E-state index in [9.17, 15) is 13.6 Å². The molecule has 0 unspecified atom stereocenters. The van der Waals surface area contributed by atoms with Crippen molar-refractivity contribution >= 4 is 23.4 Å². The summed E-state index contributed by atoms with van der Waals surface area (Å²) in [7, 11) is 3.85. The maximum atomic E-state index is 14.2. The van der Waals surface area contributed by atoms with Gasteiger partial charge in [0.15, 0.2) is 0 Å². The number of aromatic nitrogens is 2. The van der Waals surface area contributed by atoms with Crippen molar-refractivity contribution in [3.8, 4) is 0 Å². The predicted octanol–water partition coefficient (Wildman–Crippen LogP) is 3.35. The first-order chi connectivity index (χ1) is 16.9. The Labute approximate surface area is 203 Å². The van der Waals surface area contributed by atoms with Crippen molar-refractivity contribution in [1.29, 1.82) is 0 Å². The standard InChI is InChI=1S/C26H28F2N6O/c1-31(2)24-21-17-34(25(35)20-5-3-4-6-22(20)28)12-11-23(21)29-26(30-24)33-15-13-32(14-16-33)19-9-7-18(27)8-10-19/h3-10H,11-17H2,1-2H3. The molecule has 0 N–H and O–H groups in total. The number of amides is 1. The van der Waals surface area contributed by atoms with Crippen molar-refractivity contribution in [1.82, 2.24) is 14.9 Å². The molecule has 182 valence electrons. The Bertz CT molecular complexity index is 1230. The van der Waals surface area contributed by atoms with E-state index in [4.69, 9.17) is 9.97 Å². The topological polar surface area (TPSA) is 55.8 Å². The lowest BCUT2D eigenvalue weighted by molar-refractivity contribution is 0.0729. The summed E-state index contributed by atoms with van der Waals surface area (Å²) >= 11 is 0. The van der Waals surface area contributed by atoms with Crippen LogP contribution in [0.3, 0.4) is 0 Å². The lowest BCUT2D eigenvalue weighted by atomic mass is 10.0. The summed E-state index contributed by atoms with van der Waals surface area (Å²) in [5.74, 6) is 0.388. The van der Waals surface area contributed by atoms with Crippen molar-refractivity contribution in [3.05, 3.63) is 77.0 Å². The molecule has 1 saturated heterocycles. The summed E-state index contributed by atoms with van der Waals surface area (Å²) < 4.78 is 27.5. The fourth-order valence-corrected chi connectivity index (χ4v) is 4.69. The van der Waals surface area contributed by atoms with Gasteiger partial charge in [0.2, 0.25) is 5.95 Å². The van der Waals surface area contributed by atoms with E-state index in [1.807, 2.05) is 19.0 Å². The normalized spacial score (nSPS) is 15.7. The number of rotatable bonds is 4. The molecule has 0 spiro atoms. The molecule has 1 amide bonds. The number of carbonyl (C=O) groups is 1. The summed E-state index contributed by atoms with van der Waals surface area (Å²) in [6, 6.07) is 12.7. The van der Waals surface area contributed by atoms with Crippen molar-refractivity contribution in [2.24, 2.45) is 0 Å². The molecule has 0 aliphatic carbocycles. The smallest absolute Gasteiger partial charge is 0.257 e. The minimum Gasteiger partial charge on any atom is -0.368 e. The number of piperazine rings is 1. The van der Waals surface area contributed by atoms with Gasteiger partial charge in [-0.15, -0.1) is 0 Å². The molecule has 1 aromatic heterocycles. The van der Waals surface area contributed by atoms with Crippen LogP contribution in [0.5, 0.6) is 0 Å². The van der Waals surface area contributed by atoms with Gasteiger partial charge in [-0.25, -0.2) is 13.8 Å². The van der Waals surface area contributed by atoms with E-state index < -0.39 is 5.82 Å². The zero-order valence-electron chi connectivity index (χ0n) is 19.9. The fourth-order valence-electron chi connectivity index (χ4n) is 4.69. The van der Waals surface area contributed by atoms with Gasteiger partial charge in [-0.3, -0.25) is 4.79 Å². The fraction of sp³-hybridized carbons (Fsp3) is 0.346. The predicted molar refractivity (Wildman–Crippen MR) is 132 cm³/mol. The van der Waals surface area contributed by atoms with Gasteiger partial charge >= 0.3 is 0 Å². The van der Waals surface area contributed by atoms with Crippen LogP contribution in [-0.2, 0) is 13.0 Å². The average Bonchev–Trinajstić information content (AvgIpc) is 2.88. The molecule has 2 aliphatic heterocycles. The number of halogens is 2. The number of anilines is 3. The Morgan fingerprint density at radius 3 is 2.26 bits per heavy atom. The Morgan fingerprint density at radius 1 is 0.886 bits per heavy atom. The molecule has 2 aromatic carbocycles. The van der Waals surface area contributed by atoms with Gasteiger partial charge in [0.1, 0.15) is 17.5 Å². The van der Waals surface area contributed by atoms with Crippen LogP contribution >= 0.6 is 0 Å². The number of hydrogen-bond donors (Lipinski definition) is 0. The van der Waals surface area contributed by atoms with E-state index in [1.54, 1.807) is 29.2 Å². The third-order valence-electron chi connectivity index (χ3n) is 6.60. The molecule has 7 nitrogen and oxygen atoms in total. The van der Waals surface area contributed by atoms with Crippen LogP contribution in [0.4, 0.5) is 26.2 Å². The summed E-state index contributed by atoms with van der Waals surface area (Å²) in [5, 5.41) is 0. The quantitative estimate of drug-likeness (QED) is 0.574. The maximum absolute atomic E-state index is 14.2. The summed E-state index contributed by atoms with van der Waals surface area (Å²) in [5.41, 5.74) is 2.92. The first-order valence-electron chi connectivity index (χ1n) is 11.8. The first-order valence-corrected chi connectivity index (χ1v) is 11.8. The third kappa shape index (κ3) is 4.62. The molecule has 5 rings (SSSR count). The Kier molecular flexibility index (Phi) is 6.23. The van der Waals surface area contributed by atoms with E-state index in [0.29, 0.717) is 25.5 Å². The minimum atomic E-state index is -0.512. The van der Waals surface area contributed by atoms with E-state index in [1.165, 1.54) is 24.3 Å². The van der Waals surface area contributed by atoms with Crippen LogP contribution in [0.1, 0.15) is 21.6 Å². The first kappa shape index (κ1) is 23.0. The summed E-state index contributed by atoms with van der Waals surface area (Å²) in [4.78, 5) is 30.7. The maximum Gasteiger partial charge on any atom is 0.257 e. The average molecular weight is 479 g/mol. The second-order valence-electron chi connectivity index (χ2n) is 9.07. The second-order valence-corrected chi connectivity index (χ2v) is 9.07. The van der Waals surface area contributed by atoms with Crippen molar-refractivity contribution in [2.75, 3.05) is 61.5 Å². The van der Waals surface area contributed by atoms with Crippen molar-refractivity contribution in [2.45, 2.75) is 13.0 Å². The highest BCUT2D eigenvalue weighted by Crippen LogP contribution is 2.29. The van der Waals surface area contributed by atoms with Gasteiger partial charge in [0.25, 0.3) is 5.91 Å². The van der Waals surface area contributed by atoms with Gasteiger partial charge in [-0.05, 0) is 36.4 Å². The second kappa shape index (κ2) is 9.48. The zero-order valence-corrected chi connectivity index (χ0v) is 19.9. The molecular formula is C26H28F2N6O. The molecule has 0 saturated carbocycles. The number of hydrogen-bond acceptors (Lipinski definition) is 6. The van der Waals surface area contributed by atoms with Crippen LogP contribution in [-0.4, -0.2) is 67.6 Å². The SMILES string of the molecule is CN(C)c1nc(N2CCN(c3ccc(F)cc3)CC2)nc2c1CN(C(=O)c1ccccc1F)CC2. The molecule has 2 aliphatic rings. The van der Waals surface area contributed by atoms with E-state index in [-0.39, 0.29) is 17.3 Å². The lowest BCUT2D eigenvalue weighted by Crippen LogP contribution is -2.47. The molecule has 9 heteroatoms. The highest BCUT2D eigenvalue weighted by Gasteiger charge is 2.29. The lowest BCUT2D eigenvalue weighted by Gasteiger charge is -2.37. The van der Waals surface area contributed by atoms with Gasteiger partial charge in [-0.2, -0.15) is 4.98 Å². The number of nitrogens with zero attached hydrogens (tertiary/aromatic N) is 6. The van der Waals surface area contributed by atoms with Crippen LogP contribution in [0.15, 0.2) is 48.5 Å². The monoisotopic (exact) mass is 478 g/mol. The van der Waals surface area contributed by atoms with E-state index in [2.05, 4.69) is 9.80 Å². The van der Waals surface area contributed by atoms with Crippen LogP contribution in [0, 0.1) is 11.6 Å². The van der Waals surface area contributed by atoms with Gasteiger partial charge in [0.05, 0.1) is 17.8 Å². The van der Waals surface area contributed by atoms with Crippen LogP contribution < -0.4 is 14.7 Å². The van der Waals surface area contributed by atoms with Gasteiger partial charge in [-0.1, -0.05) is 12.1 Å². The molecule has 0 atom stereocenters. The summed E-state index contributed by atoms with van der Waals surface area (Å²) in [6.45, 7) is 3.89. The highest BCUT2D eigenvalue weighted by molar-refractivity contribution is 5.94. The molecule has 3 heterocycles. The van der Waals surface area contributed by atoms with Gasteiger partial charge in [0, 0.05) is 64.5 Å². The number of benzene rings is 2. The number of carbonyl (C=O) groups excluding carboxylic acids is 1. The largest absolute Gasteiger partial charge is 0.368 e. The minimum absolute atomic E-state index is 0.0823. The third-order valence-corrected chi connectivity index (χ3v) is 6.60. The Balaban J connectivity index is 1.34. The molecular weight excluding hydrogens is 450 g/mol. The zero-order chi connectivity index (χ0) is 24.5. The van der Waals surface area contributed by atoms with Crippen LogP contribution in [0.2, 0.25) is 0 Å². The van der Waals surface area contributed by atoms with Crippen molar-refractivity contribution < 1.29 is 13.6 Å². The molecule has 35 heavy (non-hydrogen) atoms. The highest BCUT2D eigenvalue weighted by atomic mass is 19.1. The Hall–Kier alpha value is -3.75. The Morgan fingerprint density at radius 2 is 1.57 bits per heavy atom. The molecule has 0 radical (unpaired) electrons. The van der Waals surface area contributed by atoms with Gasteiger partial charge < -0.3 is 19.6 Å². The molecule has 0 bridgehead atoms. The molecule has 3 aromatic rings. The van der Waals surface area contributed by atoms with E-state index >= 15 is 0 Å². The molecule has 1 fully saturated rings. The number of fused-ring (bicyclic) bond motifs is 1.